The first-order valence-electron chi connectivity index (χ1n) is 7.39. The highest BCUT2D eigenvalue weighted by molar-refractivity contribution is 5.40. The second-order valence-electron chi connectivity index (χ2n) is 4.56. The van der Waals surface area contributed by atoms with Crippen molar-refractivity contribution in [3.8, 4) is 11.5 Å². The molecule has 5 nitrogen and oxygen atoms in total. The van der Waals surface area contributed by atoms with E-state index in [0.29, 0.717) is 19.8 Å². The van der Waals surface area contributed by atoms with Crippen molar-refractivity contribution in [3.63, 3.8) is 0 Å². The summed E-state index contributed by atoms with van der Waals surface area (Å²) in [7, 11) is 3.35. The predicted octanol–water partition coefficient (Wildman–Crippen LogP) is 2.24. The summed E-state index contributed by atoms with van der Waals surface area (Å²) in [5.74, 6) is 1.64. The summed E-state index contributed by atoms with van der Waals surface area (Å²) in [5, 5.41) is 3.30. The molecule has 0 atom stereocenters. The van der Waals surface area contributed by atoms with Crippen LogP contribution in [0.1, 0.15) is 18.9 Å². The second kappa shape index (κ2) is 11.4. The van der Waals surface area contributed by atoms with Crippen molar-refractivity contribution in [1.29, 1.82) is 0 Å². The van der Waals surface area contributed by atoms with Gasteiger partial charge in [-0.15, -0.1) is 0 Å². The number of hydrogen-bond donors (Lipinski definition) is 1. The van der Waals surface area contributed by atoms with Gasteiger partial charge >= 0.3 is 0 Å². The van der Waals surface area contributed by atoms with E-state index >= 15 is 0 Å². The number of hydrogen-bond acceptors (Lipinski definition) is 5. The van der Waals surface area contributed by atoms with Crippen LogP contribution in [0.15, 0.2) is 18.2 Å². The van der Waals surface area contributed by atoms with Crippen molar-refractivity contribution in [1.82, 2.24) is 5.32 Å². The molecule has 0 amide bonds. The van der Waals surface area contributed by atoms with Crippen molar-refractivity contribution in [2.75, 3.05) is 47.2 Å². The van der Waals surface area contributed by atoms with Crippen LogP contribution in [-0.2, 0) is 16.0 Å². The molecular weight excluding hydrogens is 270 g/mol. The molecule has 0 unspecified atom stereocenters. The molecule has 0 radical (unpaired) electrons. The van der Waals surface area contributed by atoms with E-state index in [-0.39, 0.29) is 0 Å². The van der Waals surface area contributed by atoms with E-state index in [2.05, 4.69) is 12.2 Å². The molecule has 1 rings (SSSR count). The Hall–Kier alpha value is -1.30. The van der Waals surface area contributed by atoms with E-state index < -0.39 is 0 Å². The first kappa shape index (κ1) is 17.8. The van der Waals surface area contributed by atoms with Crippen molar-refractivity contribution >= 4 is 0 Å². The highest BCUT2D eigenvalue weighted by Crippen LogP contribution is 2.24. The largest absolute Gasteiger partial charge is 0.497 e. The third kappa shape index (κ3) is 7.32. The number of rotatable bonds is 12. The fourth-order valence-electron chi connectivity index (χ4n) is 1.82. The van der Waals surface area contributed by atoms with Gasteiger partial charge in [0.05, 0.1) is 13.7 Å². The number of nitrogens with one attached hydrogen (secondary N) is 1. The Bertz CT molecular complexity index is 385. The van der Waals surface area contributed by atoms with Crippen LogP contribution in [-0.4, -0.2) is 47.2 Å². The molecule has 120 valence electrons. The molecule has 0 fully saturated rings. The number of ether oxygens (including phenoxy) is 4. The first-order valence-corrected chi connectivity index (χ1v) is 7.39. The van der Waals surface area contributed by atoms with E-state index in [1.807, 2.05) is 18.2 Å². The van der Waals surface area contributed by atoms with Gasteiger partial charge in [-0.25, -0.2) is 0 Å². The summed E-state index contributed by atoms with van der Waals surface area (Å²) in [6, 6.07) is 5.88. The molecule has 5 heteroatoms. The van der Waals surface area contributed by atoms with Gasteiger partial charge in [-0.05, 0) is 19.0 Å². The maximum atomic E-state index is 5.81. The molecule has 0 aliphatic carbocycles. The minimum absolute atomic E-state index is 0.527. The van der Waals surface area contributed by atoms with Crippen molar-refractivity contribution in [2.45, 2.75) is 19.9 Å². The minimum Gasteiger partial charge on any atom is -0.497 e. The number of benzene rings is 1. The van der Waals surface area contributed by atoms with Crippen LogP contribution < -0.4 is 14.8 Å². The SMILES string of the molecule is CCNCc1ccc(OC)cc1OCCOCCCOC. The molecule has 1 N–H and O–H groups in total. The van der Waals surface area contributed by atoms with Gasteiger partial charge in [0.2, 0.25) is 0 Å². The third-order valence-electron chi connectivity index (χ3n) is 2.96. The Kier molecular flexibility index (Phi) is 9.61. The van der Waals surface area contributed by atoms with Crippen LogP contribution in [0.4, 0.5) is 0 Å². The van der Waals surface area contributed by atoms with Crippen LogP contribution >= 0.6 is 0 Å². The average Bonchev–Trinajstić information content (AvgIpc) is 2.52. The van der Waals surface area contributed by atoms with Crippen LogP contribution in [0.25, 0.3) is 0 Å². The Balaban J connectivity index is 2.39. The normalized spacial score (nSPS) is 10.6. The maximum Gasteiger partial charge on any atom is 0.127 e. The highest BCUT2D eigenvalue weighted by Gasteiger charge is 2.05. The third-order valence-corrected chi connectivity index (χ3v) is 2.96. The summed E-state index contributed by atoms with van der Waals surface area (Å²) >= 11 is 0. The quantitative estimate of drug-likeness (QED) is 0.600. The summed E-state index contributed by atoms with van der Waals surface area (Å²) in [6.45, 7) is 6.31. The van der Waals surface area contributed by atoms with Gasteiger partial charge in [0, 0.05) is 38.5 Å². The molecule has 0 bridgehead atoms. The molecule has 0 spiro atoms. The zero-order valence-corrected chi connectivity index (χ0v) is 13.3. The van der Waals surface area contributed by atoms with E-state index in [1.54, 1.807) is 14.2 Å². The van der Waals surface area contributed by atoms with Crippen LogP contribution in [0.5, 0.6) is 11.5 Å². The summed E-state index contributed by atoms with van der Waals surface area (Å²) in [6.07, 6.45) is 0.904. The molecule has 1 aromatic carbocycles. The van der Waals surface area contributed by atoms with Gasteiger partial charge < -0.3 is 24.3 Å². The van der Waals surface area contributed by atoms with E-state index in [9.17, 15) is 0 Å². The molecule has 0 heterocycles. The Labute approximate surface area is 127 Å². The predicted molar refractivity (Wildman–Crippen MR) is 83.2 cm³/mol. The molecule has 1 aromatic rings. The fourth-order valence-corrected chi connectivity index (χ4v) is 1.82. The second-order valence-corrected chi connectivity index (χ2v) is 4.56. The van der Waals surface area contributed by atoms with E-state index in [4.69, 9.17) is 18.9 Å². The van der Waals surface area contributed by atoms with Gasteiger partial charge in [0.25, 0.3) is 0 Å². The summed E-state index contributed by atoms with van der Waals surface area (Å²) in [5.41, 5.74) is 1.12. The topological polar surface area (TPSA) is 49.0 Å². The molecule has 0 aliphatic heterocycles. The monoisotopic (exact) mass is 297 g/mol. The minimum atomic E-state index is 0.527. The van der Waals surface area contributed by atoms with Crippen LogP contribution in [0, 0.1) is 0 Å². The van der Waals surface area contributed by atoms with Gasteiger partial charge in [-0.1, -0.05) is 13.0 Å². The summed E-state index contributed by atoms with van der Waals surface area (Å²) < 4.78 is 21.5. The highest BCUT2D eigenvalue weighted by atomic mass is 16.5. The van der Waals surface area contributed by atoms with Gasteiger partial charge in [-0.2, -0.15) is 0 Å². The van der Waals surface area contributed by atoms with Gasteiger partial charge in [-0.3, -0.25) is 0 Å². The average molecular weight is 297 g/mol. The molecule has 0 aliphatic rings. The Morgan fingerprint density at radius 2 is 1.90 bits per heavy atom. The number of methoxy groups -OCH3 is 2. The molecular formula is C16H27NO4. The molecule has 0 aromatic heterocycles. The molecule has 21 heavy (non-hydrogen) atoms. The summed E-state index contributed by atoms with van der Waals surface area (Å²) in [4.78, 5) is 0. The van der Waals surface area contributed by atoms with Crippen molar-refractivity contribution < 1.29 is 18.9 Å². The Morgan fingerprint density at radius 3 is 2.62 bits per heavy atom. The zero-order valence-electron chi connectivity index (χ0n) is 13.3. The smallest absolute Gasteiger partial charge is 0.127 e. The lowest BCUT2D eigenvalue weighted by molar-refractivity contribution is 0.0803. The zero-order chi connectivity index (χ0) is 15.3. The van der Waals surface area contributed by atoms with E-state index in [1.165, 1.54) is 0 Å². The Morgan fingerprint density at radius 1 is 1.05 bits per heavy atom. The van der Waals surface area contributed by atoms with Gasteiger partial charge in [0.15, 0.2) is 0 Å². The van der Waals surface area contributed by atoms with Gasteiger partial charge in [0.1, 0.15) is 18.1 Å². The molecule has 0 saturated carbocycles. The lowest BCUT2D eigenvalue weighted by atomic mass is 10.2. The maximum absolute atomic E-state index is 5.81. The lowest BCUT2D eigenvalue weighted by Gasteiger charge is -2.13. The van der Waals surface area contributed by atoms with Crippen molar-refractivity contribution in [3.05, 3.63) is 23.8 Å². The van der Waals surface area contributed by atoms with Crippen LogP contribution in [0.2, 0.25) is 0 Å². The fraction of sp³-hybridized carbons (Fsp3) is 0.625. The van der Waals surface area contributed by atoms with Crippen LogP contribution in [0.3, 0.4) is 0 Å². The molecule has 0 saturated heterocycles. The lowest BCUT2D eigenvalue weighted by Crippen LogP contribution is -2.14. The van der Waals surface area contributed by atoms with E-state index in [0.717, 1.165) is 43.2 Å². The van der Waals surface area contributed by atoms with Crippen molar-refractivity contribution in [2.24, 2.45) is 0 Å². The first-order chi connectivity index (χ1) is 10.3. The standard InChI is InChI=1S/C16H27NO4/c1-4-17-13-14-6-7-15(19-3)12-16(14)21-11-10-20-9-5-8-18-2/h6-7,12,17H,4-5,8-11,13H2,1-3H3.